The normalized spacial score (nSPS) is 15.6. The van der Waals surface area contributed by atoms with Crippen molar-refractivity contribution < 1.29 is 18.0 Å². The molecule has 3 rings (SSSR count). The van der Waals surface area contributed by atoms with Crippen molar-refractivity contribution in [3.63, 3.8) is 0 Å². The number of aromatic nitrogens is 2. The highest BCUT2D eigenvalue weighted by Crippen LogP contribution is 2.38. The minimum atomic E-state index is -4.37. The van der Waals surface area contributed by atoms with Crippen LogP contribution >= 0.6 is 0 Å². The summed E-state index contributed by atoms with van der Waals surface area (Å²) in [5.41, 5.74) is 0.947. The Kier molecular flexibility index (Phi) is 5.30. The number of piperidine rings is 1. The molecule has 0 unspecified atom stereocenters. The first-order valence-electron chi connectivity index (χ1n) is 8.73. The number of nitrogens with zero attached hydrogens (tertiary/aromatic N) is 3. The highest BCUT2D eigenvalue weighted by Gasteiger charge is 2.36. The van der Waals surface area contributed by atoms with Crippen LogP contribution in [0, 0.1) is 6.92 Å². The minimum Gasteiger partial charge on any atom is -0.336 e. The summed E-state index contributed by atoms with van der Waals surface area (Å²) in [7, 11) is 0. The van der Waals surface area contributed by atoms with E-state index in [2.05, 4.69) is 16.5 Å². The number of hydrogen-bond acceptors (Lipinski definition) is 3. The molecule has 0 radical (unpaired) electrons. The zero-order valence-corrected chi connectivity index (χ0v) is 15.0. The minimum absolute atomic E-state index is 0.0963. The van der Waals surface area contributed by atoms with Crippen molar-refractivity contribution >= 4 is 12.0 Å². The summed E-state index contributed by atoms with van der Waals surface area (Å²) in [4.78, 5) is 22.6. The molecule has 0 N–H and O–H groups in total. The maximum absolute atomic E-state index is 13.2. The van der Waals surface area contributed by atoms with Crippen molar-refractivity contribution in [2.45, 2.75) is 31.9 Å². The van der Waals surface area contributed by atoms with Gasteiger partial charge in [0.2, 0.25) is 5.82 Å². The molecule has 2 heterocycles. The van der Waals surface area contributed by atoms with Crippen molar-refractivity contribution in [2.24, 2.45) is 0 Å². The first-order valence-corrected chi connectivity index (χ1v) is 8.73. The number of aryl methyl sites for hydroxylation is 1. The van der Waals surface area contributed by atoms with Crippen LogP contribution in [0.4, 0.5) is 13.2 Å². The van der Waals surface area contributed by atoms with Gasteiger partial charge >= 0.3 is 6.18 Å². The van der Waals surface area contributed by atoms with Crippen LogP contribution in [0.25, 0.3) is 6.08 Å². The number of benzene rings is 1. The molecular formula is C20H20F3N3O. The van der Waals surface area contributed by atoms with Gasteiger partial charge in [-0.3, -0.25) is 4.79 Å². The third kappa shape index (κ3) is 4.18. The Morgan fingerprint density at radius 3 is 2.52 bits per heavy atom. The van der Waals surface area contributed by atoms with E-state index in [4.69, 9.17) is 0 Å². The van der Waals surface area contributed by atoms with Crippen LogP contribution in [-0.2, 0) is 6.18 Å². The van der Waals surface area contributed by atoms with E-state index in [1.807, 2.05) is 0 Å². The summed E-state index contributed by atoms with van der Waals surface area (Å²) in [6.07, 6.45) is -1.89. The van der Waals surface area contributed by atoms with Crippen molar-refractivity contribution in [3.8, 4) is 0 Å². The Bertz CT molecular complexity index is 856. The van der Waals surface area contributed by atoms with Crippen LogP contribution in [0.5, 0.6) is 0 Å². The first kappa shape index (κ1) is 19.1. The second-order valence-corrected chi connectivity index (χ2v) is 6.61. The fourth-order valence-corrected chi connectivity index (χ4v) is 3.44. The molecule has 2 aromatic rings. The van der Waals surface area contributed by atoms with E-state index in [1.54, 1.807) is 30.0 Å². The zero-order chi connectivity index (χ0) is 19.6. The van der Waals surface area contributed by atoms with Crippen LogP contribution in [0.1, 0.15) is 51.9 Å². The van der Waals surface area contributed by atoms with Gasteiger partial charge in [-0.05, 0) is 49.5 Å². The average molecular weight is 375 g/mol. The first-order chi connectivity index (χ1) is 12.8. The van der Waals surface area contributed by atoms with E-state index in [9.17, 15) is 18.0 Å². The Labute approximate surface area is 155 Å². The van der Waals surface area contributed by atoms with E-state index in [0.717, 1.165) is 6.07 Å². The lowest BCUT2D eigenvalue weighted by Gasteiger charge is -2.33. The molecule has 1 aliphatic heterocycles. The number of rotatable bonds is 3. The number of amides is 1. The summed E-state index contributed by atoms with van der Waals surface area (Å²) in [6.45, 7) is 6.16. The van der Waals surface area contributed by atoms with Gasteiger partial charge in [0.1, 0.15) is 0 Å². The molecule has 0 atom stereocenters. The Morgan fingerprint density at radius 2 is 1.89 bits per heavy atom. The maximum atomic E-state index is 13.2. The lowest BCUT2D eigenvalue weighted by molar-refractivity contribution is -0.138. The van der Waals surface area contributed by atoms with Crippen LogP contribution in [0.2, 0.25) is 0 Å². The van der Waals surface area contributed by atoms with E-state index >= 15 is 0 Å². The van der Waals surface area contributed by atoms with Gasteiger partial charge in [-0.15, -0.1) is 0 Å². The van der Waals surface area contributed by atoms with Crippen molar-refractivity contribution in [1.29, 1.82) is 0 Å². The van der Waals surface area contributed by atoms with Crippen LogP contribution in [0.15, 0.2) is 36.9 Å². The maximum Gasteiger partial charge on any atom is 0.416 e. The number of alkyl halides is 3. The van der Waals surface area contributed by atoms with E-state index in [-0.39, 0.29) is 17.6 Å². The van der Waals surface area contributed by atoms with Crippen molar-refractivity contribution in [2.75, 3.05) is 13.1 Å². The molecule has 142 valence electrons. The molecule has 27 heavy (non-hydrogen) atoms. The number of carbonyl (C=O) groups excluding carboxylic acids is 1. The van der Waals surface area contributed by atoms with Gasteiger partial charge in [-0.1, -0.05) is 24.8 Å². The van der Waals surface area contributed by atoms with E-state index in [0.29, 0.717) is 42.9 Å². The number of carbonyl (C=O) groups is 1. The zero-order valence-electron chi connectivity index (χ0n) is 15.0. The molecule has 1 aliphatic rings. The van der Waals surface area contributed by atoms with E-state index < -0.39 is 11.7 Å². The fraction of sp³-hybridized carbons (Fsp3) is 0.350. The molecule has 1 amide bonds. The van der Waals surface area contributed by atoms with Gasteiger partial charge in [0.15, 0.2) is 0 Å². The summed E-state index contributed by atoms with van der Waals surface area (Å²) >= 11 is 0. The Morgan fingerprint density at radius 1 is 1.22 bits per heavy atom. The molecule has 0 bridgehead atoms. The molecule has 7 heteroatoms. The van der Waals surface area contributed by atoms with Gasteiger partial charge in [-0.2, -0.15) is 13.2 Å². The average Bonchev–Trinajstić information content (AvgIpc) is 2.66. The van der Waals surface area contributed by atoms with Gasteiger partial charge < -0.3 is 4.90 Å². The number of hydrogen-bond donors (Lipinski definition) is 0. The third-order valence-corrected chi connectivity index (χ3v) is 4.76. The largest absolute Gasteiger partial charge is 0.416 e. The van der Waals surface area contributed by atoms with Crippen molar-refractivity contribution in [3.05, 3.63) is 65.2 Å². The molecular weight excluding hydrogens is 355 g/mol. The summed E-state index contributed by atoms with van der Waals surface area (Å²) in [5.74, 6) is -0.433. The lowest BCUT2D eigenvalue weighted by Crippen LogP contribution is -2.39. The molecule has 1 aromatic heterocycles. The smallest absolute Gasteiger partial charge is 0.336 e. The van der Waals surface area contributed by atoms with Gasteiger partial charge in [0.25, 0.3) is 5.91 Å². The summed E-state index contributed by atoms with van der Waals surface area (Å²) in [5, 5.41) is 0. The molecule has 0 saturated carbocycles. The summed E-state index contributed by atoms with van der Waals surface area (Å²) in [6, 6.07) is 7.40. The second-order valence-electron chi connectivity index (χ2n) is 6.61. The second kappa shape index (κ2) is 7.50. The highest BCUT2D eigenvalue weighted by molar-refractivity contribution is 5.90. The highest BCUT2D eigenvalue weighted by atomic mass is 19.4. The monoisotopic (exact) mass is 375 g/mol. The van der Waals surface area contributed by atoms with Crippen LogP contribution in [0.3, 0.4) is 0 Å². The fourth-order valence-electron chi connectivity index (χ4n) is 3.44. The quantitative estimate of drug-likeness (QED) is 0.795. The lowest BCUT2D eigenvalue weighted by atomic mass is 9.86. The predicted octanol–water partition coefficient (Wildman–Crippen LogP) is 4.47. The van der Waals surface area contributed by atoms with Crippen LogP contribution in [-0.4, -0.2) is 33.9 Å². The van der Waals surface area contributed by atoms with Crippen LogP contribution < -0.4 is 0 Å². The SMILES string of the molecule is C=Cc1cc(C)nc(C(=O)N2CCC(c3ccccc3C(F)(F)F)CC2)n1. The molecule has 1 saturated heterocycles. The third-order valence-electron chi connectivity index (χ3n) is 4.76. The number of likely N-dealkylation sites (tertiary alicyclic amines) is 1. The van der Waals surface area contributed by atoms with E-state index in [1.165, 1.54) is 12.1 Å². The predicted molar refractivity (Wildman–Crippen MR) is 96.2 cm³/mol. The number of halogens is 3. The standard InChI is InChI=1S/C20H20F3N3O/c1-3-15-12-13(2)24-18(25-15)19(27)26-10-8-14(9-11-26)16-6-4-5-7-17(16)20(21,22)23/h3-7,12,14H,1,8-11H2,2H3. The molecule has 1 fully saturated rings. The van der Waals surface area contributed by atoms with Gasteiger partial charge in [-0.25, -0.2) is 9.97 Å². The molecule has 1 aromatic carbocycles. The molecule has 0 aliphatic carbocycles. The van der Waals surface area contributed by atoms with Crippen molar-refractivity contribution in [1.82, 2.24) is 14.9 Å². The topological polar surface area (TPSA) is 46.1 Å². The van der Waals surface area contributed by atoms with Gasteiger partial charge in [0, 0.05) is 18.8 Å². The Balaban J connectivity index is 1.74. The summed E-state index contributed by atoms with van der Waals surface area (Å²) < 4.78 is 39.7. The molecule has 4 nitrogen and oxygen atoms in total. The Hall–Kier alpha value is -2.70. The van der Waals surface area contributed by atoms with Gasteiger partial charge in [0.05, 0.1) is 11.3 Å². The molecule has 0 spiro atoms.